The van der Waals surface area contributed by atoms with E-state index in [9.17, 15) is 0 Å². The first-order chi connectivity index (χ1) is 11.0. The molecule has 0 atom stereocenters. The molecule has 0 spiro atoms. The van der Waals surface area contributed by atoms with Gasteiger partial charge in [-0.25, -0.2) is 0 Å². The van der Waals surface area contributed by atoms with Crippen LogP contribution in [0, 0.1) is 0 Å². The number of halogens is 2. The molecule has 0 aromatic heterocycles. The van der Waals surface area contributed by atoms with Gasteiger partial charge in [-0.1, -0.05) is 0 Å². The Balaban J connectivity index is 2.30. The Bertz CT molecular complexity index is 886. The summed E-state index contributed by atoms with van der Waals surface area (Å²) in [5.74, 6) is 0. The Morgan fingerprint density at radius 1 is 0.958 bits per heavy atom. The number of nitrogens with one attached hydrogen (secondary N) is 1. The van der Waals surface area contributed by atoms with Gasteiger partial charge in [0.1, 0.15) is 0 Å². The number of benzene rings is 2. The van der Waals surface area contributed by atoms with Crippen LogP contribution in [0.5, 0.6) is 0 Å². The quantitative estimate of drug-likeness (QED) is 0.506. The molecule has 128 valence electrons. The average Bonchev–Trinajstić information content (AvgIpc) is 2.83. The van der Waals surface area contributed by atoms with Crippen molar-refractivity contribution in [3.05, 3.63) is 53.6 Å². The summed E-state index contributed by atoms with van der Waals surface area (Å²) in [5.41, 5.74) is 4.32. The van der Waals surface area contributed by atoms with Gasteiger partial charge in [-0.3, -0.25) is 0 Å². The van der Waals surface area contributed by atoms with Crippen LogP contribution >= 0.6 is 17.0 Å². The van der Waals surface area contributed by atoms with Crippen LogP contribution in [-0.2, 0) is 21.7 Å². The minimum atomic E-state index is -4.31. The van der Waals surface area contributed by atoms with Crippen LogP contribution in [0.3, 0.4) is 0 Å². The zero-order valence-corrected chi connectivity index (χ0v) is 20.0. The van der Waals surface area contributed by atoms with Gasteiger partial charge in [0.15, 0.2) is 0 Å². The molecule has 0 fully saturated rings. The van der Waals surface area contributed by atoms with E-state index in [4.69, 9.17) is 17.0 Å². The molecule has 1 aliphatic rings. The maximum atomic E-state index is 7.48. The third-order valence-corrected chi connectivity index (χ3v) is 45.2. The Kier molecular flexibility index (Phi) is 4.76. The van der Waals surface area contributed by atoms with Crippen molar-refractivity contribution < 1.29 is 15.3 Å². The third kappa shape index (κ3) is 3.12. The van der Waals surface area contributed by atoms with E-state index in [1.54, 1.807) is 0 Å². The molecule has 1 aliphatic carbocycles. The summed E-state index contributed by atoms with van der Waals surface area (Å²) in [7, 11) is 15.0. The molecule has 0 amide bonds. The van der Waals surface area contributed by atoms with E-state index in [-0.39, 0.29) is 5.54 Å². The summed E-state index contributed by atoms with van der Waals surface area (Å²) >= 11 is -4.31. The molecule has 2 aromatic rings. The van der Waals surface area contributed by atoms with Crippen molar-refractivity contribution in [3.63, 3.8) is 0 Å². The van der Waals surface area contributed by atoms with Crippen molar-refractivity contribution >= 4 is 25.7 Å². The molecule has 0 saturated carbocycles. The summed E-state index contributed by atoms with van der Waals surface area (Å²) in [5, 5.41) is 0. The van der Waals surface area contributed by atoms with Gasteiger partial charge in [-0.2, -0.15) is 0 Å². The van der Waals surface area contributed by atoms with Crippen LogP contribution in [0.4, 0.5) is 0 Å². The molecule has 0 unspecified atom stereocenters. The molecule has 0 aliphatic heterocycles. The number of hydrogen-bond acceptors (Lipinski definition) is 1. The van der Waals surface area contributed by atoms with Gasteiger partial charge in [0.2, 0.25) is 0 Å². The molecule has 0 saturated heterocycles. The summed E-state index contributed by atoms with van der Waals surface area (Å²) < 4.78 is 4.99. The van der Waals surface area contributed by atoms with Crippen LogP contribution in [0.15, 0.2) is 42.5 Å². The van der Waals surface area contributed by atoms with E-state index < -0.39 is 20.7 Å². The van der Waals surface area contributed by atoms with E-state index in [1.165, 1.54) is 25.5 Å². The second-order valence-corrected chi connectivity index (χ2v) is 44.1. The predicted molar refractivity (Wildman–Crippen MR) is 106 cm³/mol. The molecule has 0 bridgehead atoms. The molecule has 5 heteroatoms. The monoisotopic (exact) mass is 455 g/mol. The van der Waals surface area contributed by atoms with Gasteiger partial charge in [0.25, 0.3) is 0 Å². The van der Waals surface area contributed by atoms with Crippen molar-refractivity contribution in [2.45, 2.75) is 45.8 Å². The Morgan fingerprint density at radius 3 is 2.21 bits per heavy atom. The Labute approximate surface area is 153 Å². The van der Waals surface area contributed by atoms with Crippen LogP contribution in [0.25, 0.3) is 11.1 Å². The zero-order chi connectivity index (χ0) is 17.8. The van der Waals surface area contributed by atoms with Gasteiger partial charge in [0, 0.05) is 0 Å². The van der Waals surface area contributed by atoms with E-state index in [0.717, 1.165) is 6.42 Å². The number of hydrogen-bond donors (Lipinski definition) is 1. The molecule has 0 heterocycles. The van der Waals surface area contributed by atoms with Gasteiger partial charge >= 0.3 is 155 Å². The third-order valence-electron chi connectivity index (χ3n) is 4.80. The first-order valence-corrected chi connectivity index (χ1v) is 23.4. The fourth-order valence-corrected chi connectivity index (χ4v) is 25.7. The first kappa shape index (κ1) is 18.9. The van der Waals surface area contributed by atoms with Crippen molar-refractivity contribution in [3.8, 4) is 11.1 Å². The first-order valence-electron chi connectivity index (χ1n) is 8.41. The van der Waals surface area contributed by atoms with E-state index in [2.05, 4.69) is 79.6 Å². The Morgan fingerprint density at radius 2 is 1.58 bits per heavy atom. The SMILES string of the molecule is C[Si](C)=[Zr]([Cl])([Cl])([NH]C(C)(C)C)[c]1cccc2c1Cc1ccccc1-2. The molecule has 0 radical (unpaired) electrons. The maximum absolute atomic E-state index is 7.48. The standard InChI is InChI=1S/C13H9.C4H10N.C2H6Si.2ClH.Zr/c1-3-7-12-10(5-1)9-11-6-2-4-8-13(11)12;1-4(2,3)5;1-3-2;;;/h1-5,7-8H,9H2;5H,1-3H3;1-2H3;2*1H;/q;-1;;;;+3/p-2. The fourth-order valence-electron chi connectivity index (χ4n) is 3.69. The van der Waals surface area contributed by atoms with Crippen LogP contribution < -0.4 is 6.53 Å². The molecule has 2 aromatic carbocycles. The van der Waals surface area contributed by atoms with E-state index in [0.29, 0.717) is 0 Å². The topological polar surface area (TPSA) is 12.0 Å². The van der Waals surface area contributed by atoms with Gasteiger partial charge < -0.3 is 0 Å². The van der Waals surface area contributed by atoms with Gasteiger partial charge in [-0.05, 0) is 0 Å². The van der Waals surface area contributed by atoms with Crippen LogP contribution in [0.2, 0.25) is 13.1 Å². The molecule has 1 N–H and O–H groups in total. The molecule has 24 heavy (non-hydrogen) atoms. The van der Waals surface area contributed by atoms with E-state index in [1.807, 2.05) is 0 Å². The van der Waals surface area contributed by atoms with Crippen molar-refractivity contribution in [1.29, 1.82) is 0 Å². The van der Waals surface area contributed by atoms with Gasteiger partial charge in [-0.15, -0.1) is 0 Å². The summed E-state index contributed by atoms with van der Waals surface area (Å²) in [6.07, 6.45) is 0.936. The summed E-state index contributed by atoms with van der Waals surface area (Å²) in [4.78, 5) is 0. The summed E-state index contributed by atoms with van der Waals surface area (Å²) in [6.45, 7) is 11.0. The van der Waals surface area contributed by atoms with Crippen LogP contribution in [0.1, 0.15) is 31.9 Å². The molecule has 3 rings (SSSR count). The Hall–Kier alpha value is 0.0800. The zero-order valence-electron chi connectivity index (χ0n) is 15.0. The van der Waals surface area contributed by atoms with E-state index >= 15 is 0 Å². The van der Waals surface area contributed by atoms with Crippen molar-refractivity contribution in [1.82, 2.24) is 3.26 Å². The van der Waals surface area contributed by atoms with Crippen molar-refractivity contribution in [2.24, 2.45) is 0 Å². The summed E-state index contributed by atoms with van der Waals surface area (Å²) in [6, 6.07) is 15.2. The normalized spacial score (nSPS) is 14.3. The number of fused-ring (bicyclic) bond motifs is 3. The average molecular weight is 458 g/mol. The predicted octanol–water partition coefficient (Wildman–Crippen LogP) is 5.43. The van der Waals surface area contributed by atoms with Gasteiger partial charge in [0.05, 0.1) is 0 Å². The molecular weight excluding hydrogens is 432 g/mol. The van der Waals surface area contributed by atoms with Crippen LogP contribution in [-0.4, -0.2) is 11.0 Å². The van der Waals surface area contributed by atoms with Crippen molar-refractivity contribution in [2.75, 3.05) is 0 Å². The number of rotatable bonds is 2. The minimum absolute atomic E-state index is 0.106. The molecule has 1 nitrogen and oxygen atoms in total. The molecular formula is C19H25Cl2NSiZr. The fraction of sp³-hybridized carbons (Fsp3) is 0.368. The second-order valence-electron chi connectivity index (χ2n) is 8.05. The second kappa shape index (κ2) is 6.06.